The monoisotopic (exact) mass is 163 g/mol. The minimum absolute atomic E-state index is 0.474. The minimum atomic E-state index is 0.474. The first kappa shape index (κ1) is 8.78. The van der Waals surface area contributed by atoms with E-state index in [0.717, 1.165) is 0 Å². The molecule has 0 radical (unpaired) electrons. The molecule has 0 spiro atoms. The third-order valence-corrected chi connectivity index (χ3v) is 1.89. The molecular weight excluding hydrogens is 148 g/mol. The van der Waals surface area contributed by atoms with E-state index < -0.39 is 0 Å². The molecule has 12 heavy (non-hydrogen) atoms. The van der Waals surface area contributed by atoms with Crippen molar-refractivity contribution in [3.8, 4) is 0 Å². The van der Waals surface area contributed by atoms with E-state index in [9.17, 15) is 0 Å². The second-order valence-corrected chi connectivity index (χ2v) is 3.18. The molecule has 0 saturated heterocycles. The molecule has 1 aromatic rings. The predicted molar refractivity (Wildman–Crippen MR) is 50.7 cm³/mol. The lowest BCUT2D eigenvalue weighted by atomic mass is 10.0. The lowest BCUT2D eigenvalue weighted by molar-refractivity contribution is -0.117. The minimum Gasteiger partial charge on any atom is -0.291 e. The Balaban J connectivity index is 2.93. The molecule has 0 bridgehead atoms. The molecule has 0 amide bonds. The van der Waals surface area contributed by atoms with Crippen molar-refractivity contribution >= 4 is 5.84 Å². The van der Waals surface area contributed by atoms with Gasteiger partial charge in [0.15, 0.2) is 0 Å². The number of hydrogen-bond donors (Lipinski definition) is 2. The molecule has 0 aliphatic carbocycles. The van der Waals surface area contributed by atoms with E-state index in [4.69, 9.17) is 11.1 Å². The van der Waals surface area contributed by atoms with E-state index in [1.54, 1.807) is 0 Å². The van der Waals surface area contributed by atoms with Crippen LogP contribution in [0.4, 0.5) is 0 Å². The van der Waals surface area contributed by atoms with Gasteiger partial charge in [-0.05, 0) is 25.0 Å². The Morgan fingerprint density at radius 2 is 2.08 bits per heavy atom. The van der Waals surface area contributed by atoms with Crippen molar-refractivity contribution in [3.05, 3.63) is 34.9 Å². The van der Waals surface area contributed by atoms with Gasteiger partial charge in [-0.15, -0.1) is 0 Å². The Morgan fingerprint density at radius 3 is 2.58 bits per heavy atom. The van der Waals surface area contributed by atoms with Crippen LogP contribution >= 0.6 is 0 Å². The summed E-state index contributed by atoms with van der Waals surface area (Å²) in [6.45, 7) is 4.15. The molecule has 0 aromatic heterocycles. The number of rotatable bonds is 2. The van der Waals surface area contributed by atoms with Gasteiger partial charge in [-0.1, -0.05) is 23.8 Å². The van der Waals surface area contributed by atoms with Gasteiger partial charge in [0.1, 0.15) is 0 Å². The maximum atomic E-state index is 5.43. The summed E-state index contributed by atoms with van der Waals surface area (Å²) in [6.07, 6.45) is 0.673. The SMILES string of the molecule is Cc1ccc(CC(N)=[NH2+])c(C)c1. The van der Waals surface area contributed by atoms with Crippen molar-refractivity contribution in [3.63, 3.8) is 0 Å². The highest BCUT2D eigenvalue weighted by atomic mass is 14.7. The van der Waals surface area contributed by atoms with Crippen molar-refractivity contribution in [2.45, 2.75) is 20.3 Å². The largest absolute Gasteiger partial charge is 0.291 e. The van der Waals surface area contributed by atoms with Crippen LogP contribution in [-0.2, 0) is 6.42 Å². The molecule has 4 N–H and O–H groups in total. The summed E-state index contributed by atoms with van der Waals surface area (Å²) in [4.78, 5) is 0. The van der Waals surface area contributed by atoms with Gasteiger partial charge in [-0.2, -0.15) is 0 Å². The first-order valence-electron chi connectivity index (χ1n) is 4.02. The first-order chi connectivity index (χ1) is 5.59. The van der Waals surface area contributed by atoms with Crippen LogP contribution in [0.1, 0.15) is 16.7 Å². The quantitative estimate of drug-likeness (QED) is 0.466. The van der Waals surface area contributed by atoms with Gasteiger partial charge in [0.25, 0.3) is 0 Å². The summed E-state index contributed by atoms with van der Waals surface area (Å²) >= 11 is 0. The molecule has 0 unspecified atom stereocenters. The summed E-state index contributed by atoms with van der Waals surface area (Å²) in [6, 6.07) is 6.29. The van der Waals surface area contributed by atoms with Crippen LogP contribution in [0.25, 0.3) is 0 Å². The maximum absolute atomic E-state index is 5.43. The summed E-state index contributed by atoms with van der Waals surface area (Å²) in [5.41, 5.74) is 9.16. The van der Waals surface area contributed by atoms with Crippen molar-refractivity contribution in [2.75, 3.05) is 0 Å². The van der Waals surface area contributed by atoms with Crippen LogP contribution in [-0.4, -0.2) is 5.84 Å². The van der Waals surface area contributed by atoms with Gasteiger partial charge >= 0.3 is 0 Å². The van der Waals surface area contributed by atoms with Crippen LogP contribution in [0.3, 0.4) is 0 Å². The smallest absolute Gasteiger partial charge is 0.242 e. The van der Waals surface area contributed by atoms with Crippen molar-refractivity contribution in [2.24, 2.45) is 5.73 Å². The molecule has 1 rings (SSSR count). The van der Waals surface area contributed by atoms with E-state index in [1.165, 1.54) is 16.7 Å². The van der Waals surface area contributed by atoms with Crippen LogP contribution in [0.2, 0.25) is 0 Å². The third kappa shape index (κ3) is 2.09. The third-order valence-electron chi connectivity index (χ3n) is 1.89. The zero-order valence-electron chi connectivity index (χ0n) is 7.59. The molecule has 0 heterocycles. The van der Waals surface area contributed by atoms with Crippen molar-refractivity contribution in [1.82, 2.24) is 0 Å². The highest BCUT2D eigenvalue weighted by Gasteiger charge is 2.02. The van der Waals surface area contributed by atoms with Gasteiger partial charge in [-0.3, -0.25) is 11.1 Å². The standard InChI is InChI=1S/C10H14N2/c1-7-3-4-9(6-10(11)12)8(2)5-7/h3-5H,6H2,1-2H3,(H3,11,12)/p+1. The Bertz CT molecular complexity index is 303. The van der Waals surface area contributed by atoms with Gasteiger partial charge < -0.3 is 0 Å². The highest BCUT2D eigenvalue weighted by Crippen LogP contribution is 2.10. The lowest BCUT2D eigenvalue weighted by Gasteiger charge is -2.02. The van der Waals surface area contributed by atoms with E-state index in [0.29, 0.717) is 12.3 Å². The molecule has 0 atom stereocenters. The Morgan fingerprint density at radius 1 is 1.42 bits per heavy atom. The number of amidine groups is 1. The Kier molecular flexibility index (Phi) is 2.48. The zero-order valence-corrected chi connectivity index (χ0v) is 7.59. The van der Waals surface area contributed by atoms with E-state index in [2.05, 4.69) is 32.0 Å². The highest BCUT2D eigenvalue weighted by molar-refractivity contribution is 5.77. The molecule has 0 saturated carbocycles. The second kappa shape index (κ2) is 3.39. The fourth-order valence-electron chi connectivity index (χ4n) is 1.26. The van der Waals surface area contributed by atoms with Crippen LogP contribution < -0.4 is 11.1 Å². The lowest BCUT2D eigenvalue weighted by Crippen LogP contribution is -2.46. The molecule has 64 valence electrons. The fraction of sp³-hybridized carbons (Fsp3) is 0.300. The molecule has 1 aromatic carbocycles. The molecule has 0 aliphatic heterocycles. The fourth-order valence-corrected chi connectivity index (χ4v) is 1.26. The van der Waals surface area contributed by atoms with Crippen molar-refractivity contribution < 1.29 is 5.41 Å². The molecule has 0 fully saturated rings. The summed E-state index contributed by atoms with van der Waals surface area (Å²) in [5.74, 6) is 0.474. The Labute approximate surface area is 72.9 Å². The molecule has 2 heteroatoms. The first-order valence-corrected chi connectivity index (χ1v) is 4.02. The molecular formula is C10H15N2+. The van der Waals surface area contributed by atoms with Gasteiger partial charge in [0.05, 0.1) is 6.42 Å². The molecule has 0 aliphatic rings. The summed E-state index contributed by atoms with van der Waals surface area (Å²) in [5, 5.41) is 5.43. The number of aryl methyl sites for hydroxylation is 2. The predicted octanol–water partition coefficient (Wildman–Crippen LogP) is -0.0378. The van der Waals surface area contributed by atoms with Gasteiger partial charge in [0.2, 0.25) is 5.84 Å². The van der Waals surface area contributed by atoms with Gasteiger partial charge in [0, 0.05) is 0 Å². The van der Waals surface area contributed by atoms with Crippen LogP contribution in [0, 0.1) is 13.8 Å². The summed E-state index contributed by atoms with van der Waals surface area (Å²) < 4.78 is 0. The zero-order chi connectivity index (χ0) is 9.14. The van der Waals surface area contributed by atoms with Gasteiger partial charge in [-0.25, -0.2) is 0 Å². The van der Waals surface area contributed by atoms with E-state index in [1.807, 2.05) is 0 Å². The van der Waals surface area contributed by atoms with Crippen LogP contribution in [0.15, 0.2) is 18.2 Å². The topological polar surface area (TPSA) is 51.6 Å². The second-order valence-electron chi connectivity index (χ2n) is 3.18. The molecule has 2 nitrogen and oxygen atoms in total. The van der Waals surface area contributed by atoms with E-state index in [-0.39, 0.29) is 0 Å². The number of benzene rings is 1. The van der Waals surface area contributed by atoms with Crippen molar-refractivity contribution in [1.29, 1.82) is 0 Å². The van der Waals surface area contributed by atoms with Crippen LogP contribution in [0.5, 0.6) is 0 Å². The average Bonchev–Trinajstić information content (AvgIpc) is 1.94. The Hall–Kier alpha value is -1.31. The summed E-state index contributed by atoms with van der Waals surface area (Å²) in [7, 11) is 0. The average molecular weight is 163 g/mol. The number of nitrogens with two attached hydrogens (primary N) is 2. The number of hydrogen-bond acceptors (Lipinski definition) is 0. The normalized spacial score (nSPS) is 9.83. The van der Waals surface area contributed by atoms with E-state index >= 15 is 0 Å². The maximum Gasteiger partial charge on any atom is 0.242 e.